The van der Waals surface area contributed by atoms with Gasteiger partial charge in [-0.25, -0.2) is 0 Å². The van der Waals surface area contributed by atoms with Crippen LogP contribution in [0, 0.1) is 5.92 Å². The monoisotopic (exact) mass is 212 g/mol. The van der Waals surface area contributed by atoms with Gasteiger partial charge in [0.15, 0.2) is 5.78 Å². The van der Waals surface area contributed by atoms with Gasteiger partial charge in [0.2, 0.25) is 0 Å². The molecule has 0 radical (unpaired) electrons. The minimum absolute atomic E-state index is 0.114. The number of benzene rings is 1. The molecule has 3 rings (SSSR count). The molecule has 1 aliphatic carbocycles. The molecule has 0 aliphatic heterocycles. The maximum absolute atomic E-state index is 11.9. The molecule has 0 N–H and O–H groups in total. The molecule has 1 atom stereocenters. The molecule has 2 aromatic rings. The lowest BCUT2D eigenvalue weighted by atomic mass is 9.99. The molecule has 0 spiro atoms. The highest BCUT2D eigenvalue weighted by atomic mass is 16.3. The number of Topliss-reactive ketones (excluding diaryl/α,β-unsaturated/α-hetero) is 1. The van der Waals surface area contributed by atoms with Crippen molar-refractivity contribution in [3.63, 3.8) is 0 Å². The van der Waals surface area contributed by atoms with Crippen molar-refractivity contribution >= 4 is 5.78 Å². The summed E-state index contributed by atoms with van der Waals surface area (Å²) in [6.07, 6.45) is 4.23. The number of carbonyl (C=O) groups excluding carboxylic acids is 1. The molecule has 1 aliphatic rings. The van der Waals surface area contributed by atoms with E-state index in [1.54, 1.807) is 12.5 Å². The van der Waals surface area contributed by atoms with Gasteiger partial charge in [-0.1, -0.05) is 25.1 Å². The molecule has 0 bridgehead atoms. The van der Waals surface area contributed by atoms with Gasteiger partial charge < -0.3 is 4.42 Å². The van der Waals surface area contributed by atoms with Crippen molar-refractivity contribution in [3.8, 4) is 11.1 Å². The van der Waals surface area contributed by atoms with Gasteiger partial charge in [0.1, 0.15) is 0 Å². The van der Waals surface area contributed by atoms with E-state index in [0.717, 1.165) is 23.1 Å². The van der Waals surface area contributed by atoms with Crippen LogP contribution in [0.5, 0.6) is 0 Å². The van der Waals surface area contributed by atoms with E-state index >= 15 is 0 Å². The van der Waals surface area contributed by atoms with E-state index in [1.165, 1.54) is 5.56 Å². The zero-order chi connectivity index (χ0) is 11.1. The lowest BCUT2D eigenvalue weighted by Gasteiger charge is -2.04. The summed E-state index contributed by atoms with van der Waals surface area (Å²) < 4.78 is 5.10. The van der Waals surface area contributed by atoms with Crippen LogP contribution in [-0.4, -0.2) is 5.78 Å². The van der Waals surface area contributed by atoms with Gasteiger partial charge in [-0.3, -0.25) is 4.79 Å². The molecule has 80 valence electrons. The average Bonchev–Trinajstić information content (AvgIpc) is 2.89. The Balaban J connectivity index is 2.20. The summed E-state index contributed by atoms with van der Waals surface area (Å²) in [4.78, 5) is 11.9. The largest absolute Gasteiger partial charge is 0.472 e. The Morgan fingerprint density at radius 3 is 2.81 bits per heavy atom. The van der Waals surface area contributed by atoms with Crippen LogP contribution >= 0.6 is 0 Å². The highest BCUT2D eigenvalue weighted by molar-refractivity contribution is 6.03. The third kappa shape index (κ3) is 1.23. The van der Waals surface area contributed by atoms with E-state index in [1.807, 2.05) is 25.1 Å². The maximum atomic E-state index is 11.9. The van der Waals surface area contributed by atoms with Crippen LogP contribution in [0.3, 0.4) is 0 Å². The molecule has 16 heavy (non-hydrogen) atoms. The van der Waals surface area contributed by atoms with Gasteiger partial charge in [0.25, 0.3) is 0 Å². The van der Waals surface area contributed by atoms with Gasteiger partial charge in [0, 0.05) is 17.0 Å². The first-order valence-electron chi connectivity index (χ1n) is 5.46. The summed E-state index contributed by atoms with van der Waals surface area (Å²) >= 11 is 0. The quantitative estimate of drug-likeness (QED) is 0.725. The fraction of sp³-hybridized carbons (Fsp3) is 0.214. The Bertz CT molecular complexity index is 538. The minimum Gasteiger partial charge on any atom is -0.472 e. The maximum Gasteiger partial charge on any atom is 0.166 e. The van der Waals surface area contributed by atoms with Crippen molar-refractivity contribution in [1.82, 2.24) is 0 Å². The Morgan fingerprint density at radius 2 is 2.06 bits per heavy atom. The molecule has 0 fully saturated rings. The second-order valence-electron chi connectivity index (χ2n) is 4.31. The molecule has 0 saturated carbocycles. The normalized spacial score (nSPS) is 18.8. The Morgan fingerprint density at radius 1 is 1.25 bits per heavy atom. The smallest absolute Gasteiger partial charge is 0.166 e. The van der Waals surface area contributed by atoms with E-state index in [9.17, 15) is 4.79 Å². The molecule has 1 unspecified atom stereocenters. The highest BCUT2D eigenvalue weighted by Crippen LogP contribution is 2.34. The van der Waals surface area contributed by atoms with Crippen LogP contribution in [0.25, 0.3) is 11.1 Å². The van der Waals surface area contributed by atoms with Crippen LogP contribution in [0.15, 0.2) is 41.2 Å². The molecule has 0 saturated heterocycles. The van der Waals surface area contributed by atoms with Crippen molar-refractivity contribution in [2.45, 2.75) is 13.3 Å². The van der Waals surface area contributed by atoms with E-state index in [4.69, 9.17) is 4.42 Å². The average molecular weight is 212 g/mol. The third-order valence-electron chi connectivity index (χ3n) is 3.23. The molecule has 1 aromatic carbocycles. The Labute approximate surface area is 93.9 Å². The SMILES string of the molecule is CC1Cc2c(cccc2-c2ccoc2)C1=O. The number of carbonyl (C=O) groups is 1. The highest BCUT2D eigenvalue weighted by Gasteiger charge is 2.28. The fourth-order valence-electron chi connectivity index (χ4n) is 2.39. The summed E-state index contributed by atoms with van der Waals surface area (Å²) in [6.45, 7) is 1.99. The predicted octanol–water partition coefficient (Wildman–Crippen LogP) is 3.32. The number of hydrogen-bond donors (Lipinski definition) is 0. The van der Waals surface area contributed by atoms with E-state index in [0.29, 0.717) is 0 Å². The molecule has 2 nitrogen and oxygen atoms in total. The van der Waals surface area contributed by atoms with Crippen molar-refractivity contribution in [2.75, 3.05) is 0 Å². The van der Waals surface area contributed by atoms with E-state index in [2.05, 4.69) is 6.07 Å². The summed E-state index contributed by atoms with van der Waals surface area (Å²) in [6, 6.07) is 7.85. The van der Waals surface area contributed by atoms with Crippen molar-refractivity contribution in [1.29, 1.82) is 0 Å². The summed E-state index contributed by atoms with van der Waals surface area (Å²) in [5, 5.41) is 0. The van der Waals surface area contributed by atoms with Crippen LogP contribution in [0.4, 0.5) is 0 Å². The van der Waals surface area contributed by atoms with E-state index in [-0.39, 0.29) is 11.7 Å². The lowest BCUT2D eigenvalue weighted by molar-refractivity contribution is 0.0946. The van der Waals surface area contributed by atoms with Gasteiger partial charge in [-0.05, 0) is 23.6 Å². The molecular weight excluding hydrogens is 200 g/mol. The molecule has 2 heteroatoms. The standard InChI is InChI=1S/C14H12O2/c1-9-7-13-11(10-5-6-16-8-10)3-2-4-12(13)14(9)15/h2-6,8-9H,7H2,1H3. The van der Waals surface area contributed by atoms with Crippen LogP contribution in [0.2, 0.25) is 0 Å². The van der Waals surface area contributed by atoms with E-state index < -0.39 is 0 Å². The molecular formula is C14H12O2. The molecule has 1 heterocycles. The zero-order valence-corrected chi connectivity index (χ0v) is 9.07. The van der Waals surface area contributed by atoms with Crippen molar-refractivity contribution in [3.05, 3.63) is 47.9 Å². The minimum atomic E-state index is 0.114. The first-order valence-corrected chi connectivity index (χ1v) is 5.46. The second-order valence-corrected chi connectivity index (χ2v) is 4.31. The van der Waals surface area contributed by atoms with Crippen LogP contribution in [-0.2, 0) is 6.42 Å². The van der Waals surface area contributed by atoms with Crippen LogP contribution in [0.1, 0.15) is 22.8 Å². The zero-order valence-electron chi connectivity index (χ0n) is 9.07. The summed E-state index contributed by atoms with van der Waals surface area (Å²) in [5.41, 5.74) is 4.23. The first-order chi connectivity index (χ1) is 7.77. The van der Waals surface area contributed by atoms with Crippen LogP contribution < -0.4 is 0 Å². The van der Waals surface area contributed by atoms with Gasteiger partial charge in [0.05, 0.1) is 12.5 Å². The number of fused-ring (bicyclic) bond motifs is 1. The van der Waals surface area contributed by atoms with Crippen molar-refractivity contribution in [2.24, 2.45) is 5.92 Å². The summed E-state index contributed by atoms with van der Waals surface area (Å²) in [5.74, 6) is 0.378. The fourth-order valence-corrected chi connectivity index (χ4v) is 2.39. The number of furan rings is 1. The molecule has 0 amide bonds. The topological polar surface area (TPSA) is 30.2 Å². The number of ketones is 1. The predicted molar refractivity (Wildman–Crippen MR) is 61.3 cm³/mol. The third-order valence-corrected chi connectivity index (χ3v) is 3.23. The van der Waals surface area contributed by atoms with Crippen molar-refractivity contribution < 1.29 is 9.21 Å². The van der Waals surface area contributed by atoms with Gasteiger partial charge >= 0.3 is 0 Å². The lowest BCUT2D eigenvalue weighted by Crippen LogP contribution is -2.02. The second kappa shape index (κ2) is 3.34. The van der Waals surface area contributed by atoms with Gasteiger partial charge in [-0.2, -0.15) is 0 Å². The Hall–Kier alpha value is -1.83. The summed E-state index contributed by atoms with van der Waals surface area (Å²) in [7, 11) is 0. The number of hydrogen-bond acceptors (Lipinski definition) is 2. The molecule has 1 aromatic heterocycles. The Kier molecular flexibility index (Phi) is 1.96. The van der Waals surface area contributed by atoms with Gasteiger partial charge in [-0.15, -0.1) is 0 Å². The first kappa shape index (κ1) is 9.40. The number of rotatable bonds is 1.